The van der Waals surface area contributed by atoms with Crippen molar-refractivity contribution in [3.63, 3.8) is 0 Å². The average Bonchev–Trinajstić information content (AvgIpc) is 2.70. The Bertz CT molecular complexity index is 1300. The number of fused-ring (bicyclic) bond motifs is 2. The number of thioether (sulfide) groups is 1. The zero-order valence-corrected chi connectivity index (χ0v) is 16.7. The van der Waals surface area contributed by atoms with Gasteiger partial charge in [0.25, 0.3) is 5.56 Å². The molecule has 1 aromatic heterocycles. The molecule has 29 heavy (non-hydrogen) atoms. The summed E-state index contributed by atoms with van der Waals surface area (Å²) in [6, 6.07) is 17.2. The van der Waals surface area contributed by atoms with E-state index in [0.29, 0.717) is 21.7 Å². The molecule has 0 radical (unpaired) electrons. The Balaban J connectivity index is 1.64. The smallest absolute Gasteiger partial charge is 0.261 e. The van der Waals surface area contributed by atoms with Crippen molar-refractivity contribution < 1.29 is 9.18 Å². The summed E-state index contributed by atoms with van der Waals surface area (Å²) in [6.07, 6.45) is 0. The standard InChI is InChI=1S/C22H18FN3O2S/c1-13(20(27)24-17-9-5-8-16(23)12-17)29-22-25-19-11-15-7-4-3-6-14(15)10-18(19)21(28)26(22)2/h3-13H,1-2H3,(H,24,27)/t13-/m1/s1. The zero-order valence-electron chi connectivity index (χ0n) is 15.8. The molecule has 7 heteroatoms. The largest absolute Gasteiger partial charge is 0.325 e. The normalized spacial score (nSPS) is 12.2. The van der Waals surface area contributed by atoms with Crippen LogP contribution in [0, 0.1) is 5.82 Å². The van der Waals surface area contributed by atoms with Crippen LogP contribution in [0.15, 0.2) is 70.6 Å². The Morgan fingerprint density at radius 2 is 1.83 bits per heavy atom. The van der Waals surface area contributed by atoms with Gasteiger partial charge >= 0.3 is 0 Å². The lowest BCUT2D eigenvalue weighted by molar-refractivity contribution is -0.115. The summed E-state index contributed by atoms with van der Waals surface area (Å²) >= 11 is 1.18. The molecule has 0 spiro atoms. The van der Waals surface area contributed by atoms with Crippen LogP contribution in [0.4, 0.5) is 10.1 Å². The summed E-state index contributed by atoms with van der Waals surface area (Å²) in [5, 5.41) is 5.10. The molecule has 146 valence electrons. The predicted molar refractivity (Wildman–Crippen MR) is 115 cm³/mol. The van der Waals surface area contributed by atoms with E-state index in [9.17, 15) is 14.0 Å². The first kappa shape index (κ1) is 19.1. The number of hydrogen-bond acceptors (Lipinski definition) is 4. The highest BCUT2D eigenvalue weighted by atomic mass is 32.2. The highest BCUT2D eigenvalue weighted by Crippen LogP contribution is 2.25. The first-order valence-corrected chi connectivity index (χ1v) is 9.93. The minimum absolute atomic E-state index is 0.166. The third kappa shape index (κ3) is 3.86. The van der Waals surface area contributed by atoms with Crippen LogP contribution in [0.3, 0.4) is 0 Å². The Hall–Kier alpha value is -3.19. The Morgan fingerprint density at radius 1 is 1.10 bits per heavy atom. The number of nitrogens with zero attached hydrogens (tertiary/aromatic N) is 2. The molecule has 0 aliphatic rings. The minimum atomic E-state index is -0.533. The lowest BCUT2D eigenvalue weighted by Crippen LogP contribution is -2.25. The van der Waals surface area contributed by atoms with Crippen molar-refractivity contribution in [1.82, 2.24) is 9.55 Å². The molecule has 0 aliphatic carbocycles. The fourth-order valence-electron chi connectivity index (χ4n) is 3.06. The number of benzene rings is 3. The second-order valence-corrected chi connectivity index (χ2v) is 8.04. The van der Waals surface area contributed by atoms with Crippen LogP contribution in [0.25, 0.3) is 21.7 Å². The molecule has 0 bridgehead atoms. The summed E-state index contributed by atoms with van der Waals surface area (Å²) < 4.78 is 14.8. The molecule has 5 nitrogen and oxygen atoms in total. The predicted octanol–water partition coefficient (Wildman–Crippen LogP) is 4.35. The van der Waals surface area contributed by atoms with Gasteiger partial charge in [0.15, 0.2) is 5.16 Å². The monoisotopic (exact) mass is 407 g/mol. The van der Waals surface area contributed by atoms with E-state index >= 15 is 0 Å². The van der Waals surface area contributed by atoms with Crippen LogP contribution in [0.2, 0.25) is 0 Å². The number of carbonyl (C=O) groups excluding carboxylic acids is 1. The van der Waals surface area contributed by atoms with Crippen LogP contribution in [0.1, 0.15) is 6.92 Å². The van der Waals surface area contributed by atoms with Gasteiger partial charge in [-0.2, -0.15) is 0 Å². The summed E-state index contributed by atoms with van der Waals surface area (Å²) in [6.45, 7) is 1.72. The number of amides is 1. The summed E-state index contributed by atoms with van der Waals surface area (Å²) in [5.74, 6) is -0.720. The number of anilines is 1. The number of hydrogen-bond donors (Lipinski definition) is 1. The van der Waals surface area contributed by atoms with Crippen LogP contribution >= 0.6 is 11.8 Å². The molecule has 0 fully saturated rings. The van der Waals surface area contributed by atoms with Crippen molar-refractivity contribution >= 4 is 45.0 Å². The van der Waals surface area contributed by atoms with E-state index < -0.39 is 11.1 Å². The van der Waals surface area contributed by atoms with Gasteiger partial charge in [0.1, 0.15) is 5.82 Å². The first-order valence-electron chi connectivity index (χ1n) is 9.05. The Kier molecular flexibility index (Phi) is 5.07. The second-order valence-electron chi connectivity index (χ2n) is 6.73. The highest BCUT2D eigenvalue weighted by molar-refractivity contribution is 8.00. The van der Waals surface area contributed by atoms with E-state index in [0.717, 1.165) is 10.8 Å². The van der Waals surface area contributed by atoms with Gasteiger partial charge in [-0.25, -0.2) is 9.37 Å². The number of nitrogens with one attached hydrogen (secondary N) is 1. The molecule has 1 N–H and O–H groups in total. The van der Waals surface area contributed by atoms with Gasteiger partial charge in [0.05, 0.1) is 16.2 Å². The number of aromatic nitrogens is 2. The highest BCUT2D eigenvalue weighted by Gasteiger charge is 2.19. The molecule has 0 saturated carbocycles. The van der Waals surface area contributed by atoms with Crippen LogP contribution in [-0.4, -0.2) is 20.7 Å². The van der Waals surface area contributed by atoms with E-state index in [2.05, 4.69) is 10.3 Å². The van der Waals surface area contributed by atoms with Gasteiger partial charge in [0, 0.05) is 12.7 Å². The van der Waals surface area contributed by atoms with Gasteiger partial charge in [-0.05, 0) is 48.0 Å². The fraction of sp³-hybridized carbons (Fsp3) is 0.136. The van der Waals surface area contributed by atoms with E-state index in [-0.39, 0.29) is 11.5 Å². The van der Waals surface area contributed by atoms with Crippen molar-refractivity contribution in [2.45, 2.75) is 17.3 Å². The van der Waals surface area contributed by atoms with E-state index in [1.54, 1.807) is 20.0 Å². The number of rotatable bonds is 4. The molecule has 0 unspecified atom stereocenters. The van der Waals surface area contributed by atoms with Crippen molar-refractivity contribution in [3.8, 4) is 0 Å². The van der Waals surface area contributed by atoms with Gasteiger partial charge in [-0.15, -0.1) is 0 Å². The minimum Gasteiger partial charge on any atom is -0.325 e. The average molecular weight is 407 g/mol. The van der Waals surface area contributed by atoms with E-state index in [1.165, 1.54) is 34.5 Å². The van der Waals surface area contributed by atoms with Gasteiger partial charge < -0.3 is 5.32 Å². The van der Waals surface area contributed by atoms with Crippen molar-refractivity contribution in [2.24, 2.45) is 7.05 Å². The molecule has 4 aromatic rings. The summed E-state index contributed by atoms with van der Waals surface area (Å²) in [7, 11) is 1.64. The van der Waals surface area contributed by atoms with Crippen LogP contribution in [-0.2, 0) is 11.8 Å². The van der Waals surface area contributed by atoms with E-state index in [4.69, 9.17) is 0 Å². The maximum Gasteiger partial charge on any atom is 0.261 e. The summed E-state index contributed by atoms with van der Waals surface area (Å²) in [4.78, 5) is 29.9. The second kappa shape index (κ2) is 7.67. The molecule has 0 saturated heterocycles. The van der Waals surface area contributed by atoms with Crippen LogP contribution < -0.4 is 10.9 Å². The SMILES string of the molecule is C[C@@H](Sc1nc2cc3ccccc3cc2c(=O)n1C)C(=O)Nc1cccc(F)c1. The van der Waals surface area contributed by atoms with Crippen molar-refractivity contribution in [2.75, 3.05) is 5.32 Å². The zero-order chi connectivity index (χ0) is 20.5. The fourth-order valence-corrected chi connectivity index (χ4v) is 3.94. The molecule has 1 amide bonds. The molecule has 0 aliphatic heterocycles. The quantitative estimate of drug-likeness (QED) is 0.310. The molecular formula is C22H18FN3O2S. The Labute approximate surface area is 170 Å². The first-order chi connectivity index (χ1) is 13.9. The third-order valence-corrected chi connectivity index (χ3v) is 5.79. The van der Waals surface area contributed by atoms with Crippen molar-refractivity contribution in [3.05, 3.63) is 76.8 Å². The Morgan fingerprint density at radius 3 is 2.55 bits per heavy atom. The van der Waals surface area contributed by atoms with Gasteiger partial charge in [0.2, 0.25) is 5.91 Å². The maximum atomic E-state index is 13.3. The van der Waals surface area contributed by atoms with Gasteiger partial charge in [-0.3, -0.25) is 14.2 Å². The maximum absolute atomic E-state index is 13.3. The molecule has 4 rings (SSSR count). The molecule has 1 atom stereocenters. The molecule has 3 aromatic carbocycles. The summed E-state index contributed by atoms with van der Waals surface area (Å²) in [5.41, 5.74) is 0.808. The molecule has 1 heterocycles. The van der Waals surface area contributed by atoms with Gasteiger partial charge in [-0.1, -0.05) is 42.1 Å². The van der Waals surface area contributed by atoms with Crippen molar-refractivity contribution in [1.29, 1.82) is 0 Å². The van der Waals surface area contributed by atoms with E-state index in [1.807, 2.05) is 36.4 Å². The third-order valence-electron chi connectivity index (χ3n) is 4.65. The number of carbonyl (C=O) groups is 1. The number of halogens is 1. The lowest BCUT2D eigenvalue weighted by Gasteiger charge is -2.14. The van der Waals surface area contributed by atoms with Crippen LogP contribution in [0.5, 0.6) is 0 Å². The lowest BCUT2D eigenvalue weighted by atomic mass is 10.1. The molecular weight excluding hydrogens is 389 g/mol. The topological polar surface area (TPSA) is 64.0 Å².